The molecule has 1 aromatic heterocycles. The first kappa shape index (κ1) is 13.8. The Labute approximate surface area is 114 Å². The van der Waals surface area contributed by atoms with Gasteiger partial charge in [0.05, 0.1) is 7.11 Å². The van der Waals surface area contributed by atoms with Gasteiger partial charge in [0.1, 0.15) is 0 Å². The Kier molecular flexibility index (Phi) is 4.76. The third-order valence-electron chi connectivity index (χ3n) is 3.61. The molecule has 0 bridgehead atoms. The van der Waals surface area contributed by atoms with Crippen molar-refractivity contribution in [3.8, 4) is 6.01 Å². The monoisotopic (exact) mass is 265 g/mol. The molecular weight excluding hydrogens is 242 g/mol. The lowest BCUT2D eigenvalue weighted by Crippen LogP contribution is -2.21. The predicted molar refractivity (Wildman–Crippen MR) is 75.6 cm³/mol. The Hall–Kier alpha value is -1.59. The lowest BCUT2D eigenvalue weighted by molar-refractivity contribution is 0.379. The van der Waals surface area contributed by atoms with Gasteiger partial charge in [0.2, 0.25) is 11.9 Å². The summed E-state index contributed by atoms with van der Waals surface area (Å²) in [6.07, 6.45) is 6.19. The summed E-state index contributed by atoms with van der Waals surface area (Å²) in [5.41, 5.74) is 0. The predicted octanol–water partition coefficient (Wildman–Crippen LogP) is 2.30. The fraction of sp³-hybridized carbons (Fsp3) is 0.769. The highest BCUT2D eigenvalue weighted by Crippen LogP contribution is 2.24. The molecule has 1 heterocycles. The van der Waals surface area contributed by atoms with Crippen molar-refractivity contribution in [1.82, 2.24) is 15.0 Å². The number of nitrogens with one attached hydrogen (secondary N) is 2. The van der Waals surface area contributed by atoms with E-state index in [0.29, 0.717) is 23.9 Å². The number of nitrogens with zero attached hydrogens (tertiary/aromatic N) is 3. The van der Waals surface area contributed by atoms with Gasteiger partial charge in [-0.25, -0.2) is 0 Å². The smallest absolute Gasteiger partial charge is 0.322 e. The van der Waals surface area contributed by atoms with E-state index in [1.54, 1.807) is 14.2 Å². The van der Waals surface area contributed by atoms with Gasteiger partial charge in [-0.1, -0.05) is 19.8 Å². The summed E-state index contributed by atoms with van der Waals surface area (Å²) >= 11 is 0. The van der Waals surface area contributed by atoms with Gasteiger partial charge in [0.15, 0.2) is 0 Å². The molecule has 1 aromatic rings. The van der Waals surface area contributed by atoms with Gasteiger partial charge < -0.3 is 15.4 Å². The summed E-state index contributed by atoms with van der Waals surface area (Å²) in [5, 5.41) is 6.33. The summed E-state index contributed by atoms with van der Waals surface area (Å²) in [7, 11) is 3.35. The molecule has 0 amide bonds. The Balaban J connectivity index is 2.05. The molecule has 1 aliphatic carbocycles. The van der Waals surface area contributed by atoms with Crippen molar-refractivity contribution < 1.29 is 4.74 Å². The van der Waals surface area contributed by atoms with Crippen molar-refractivity contribution in [2.75, 3.05) is 24.8 Å². The lowest BCUT2D eigenvalue weighted by atomic mass is 10.0. The third-order valence-corrected chi connectivity index (χ3v) is 3.61. The molecule has 6 nitrogen and oxygen atoms in total. The first-order valence-corrected chi connectivity index (χ1v) is 6.95. The average molecular weight is 265 g/mol. The van der Waals surface area contributed by atoms with E-state index in [4.69, 9.17) is 4.74 Å². The van der Waals surface area contributed by atoms with Crippen LogP contribution in [0.3, 0.4) is 0 Å². The van der Waals surface area contributed by atoms with Crippen LogP contribution in [-0.4, -0.2) is 35.2 Å². The second-order valence-corrected chi connectivity index (χ2v) is 5.17. The van der Waals surface area contributed by atoms with Gasteiger partial charge in [-0.15, -0.1) is 0 Å². The minimum absolute atomic E-state index is 0.337. The van der Waals surface area contributed by atoms with E-state index in [1.165, 1.54) is 32.1 Å². The molecule has 6 heteroatoms. The van der Waals surface area contributed by atoms with Crippen LogP contribution >= 0.6 is 0 Å². The van der Waals surface area contributed by atoms with Crippen molar-refractivity contribution in [1.29, 1.82) is 0 Å². The summed E-state index contributed by atoms with van der Waals surface area (Å²) < 4.78 is 5.09. The minimum atomic E-state index is 0.337. The number of aromatic nitrogens is 3. The highest BCUT2D eigenvalue weighted by atomic mass is 16.5. The Bertz CT molecular complexity index is 390. The molecule has 1 fully saturated rings. The number of rotatable bonds is 4. The van der Waals surface area contributed by atoms with Gasteiger partial charge in [-0.3, -0.25) is 0 Å². The van der Waals surface area contributed by atoms with Gasteiger partial charge in [-0.05, 0) is 25.2 Å². The molecule has 0 spiro atoms. The molecule has 2 N–H and O–H groups in total. The van der Waals surface area contributed by atoms with Gasteiger partial charge in [0.25, 0.3) is 0 Å². The standard InChI is InChI=1S/C13H23N5O/c1-9-5-4-6-10(8-7-9)15-12-16-11(14-2)17-13(18-12)19-3/h9-10H,4-8H2,1-3H3,(H2,14,15,16,17,18). The van der Waals surface area contributed by atoms with E-state index >= 15 is 0 Å². The number of methoxy groups -OCH3 is 1. The van der Waals surface area contributed by atoms with E-state index in [0.717, 1.165) is 5.92 Å². The first-order chi connectivity index (χ1) is 9.21. The molecule has 0 saturated heterocycles. The van der Waals surface area contributed by atoms with E-state index in [9.17, 15) is 0 Å². The van der Waals surface area contributed by atoms with Crippen LogP contribution in [0.2, 0.25) is 0 Å². The quantitative estimate of drug-likeness (QED) is 0.814. The van der Waals surface area contributed by atoms with E-state index in [-0.39, 0.29) is 0 Å². The molecule has 0 aliphatic heterocycles. The molecule has 2 atom stereocenters. The van der Waals surface area contributed by atoms with Crippen molar-refractivity contribution >= 4 is 11.9 Å². The zero-order valence-electron chi connectivity index (χ0n) is 11.9. The van der Waals surface area contributed by atoms with E-state index < -0.39 is 0 Å². The van der Waals surface area contributed by atoms with Crippen molar-refractivity contribution in [2.45, 2.75) is 45.1 Å². The fourth-order valence-corrected chi connectivity index (χ4v) is 2.44. The summed E-state index contributed by atoms with van der Waals surface area (Å²) in [6, 6.07) is 0.783. The molecule has 1 saturated carbocycles. The molecule has 1 aliphatic rings. The van der Waals surface area contributed by atoms with Crippen LogP contribution in [0.1, 0.15) is 39.0 Å². The third kappa shape index (κ3) is 3.94. The minimum Gasteiger partial charge on any atom is -0.467 e. The Morgan fingerprint density at radius 2 is 1.84 bits per heavy atom. The van der Waals surface area contributed by atoms with Gasteiger partial charge in [0, 0.05) is 13.1 Å². The summed E-state index contributed by atoms with van der Waals surface area (Å²) in [5.74, 6) is 1.94. The molecule has 19 heavy (non-hydrogen) atoms. The Morgan fingerprint density at radius 3 is 2.58 bits per heavy atom. The zero-order chi connectivity index (χ0) is 13.7. The second-order valence-electron chi connectivity index (χ2n) is 5.17. The number of hydrogen-bond acceptors (Lipinski definition) is 6. The molecule has 2 unspecified atom stereocenters. The highest BCUT2D eigenvalue weighted by Gasteiger charge is 2.17. The highest BCUT2D eigenvalue weighted by molar-refractivity contribution is 5.36. The van der Waals surface area contributed by atoms with Crippen LogP contribution in [0.15, 0.2) is 0 Å². The van der Waals surface area contributed by atoms with Crippen LogP contribution in [0.4, 0.5) is 11.9 Å². The molecule has 0 radical (unpaired) electrons. The van der Waals surface area contributed by atoms with E-state index in [2.05, 4.69) is 32.5 Å². The molecule has 0 aromatic carbocycles. The van der Waals surface area contributed by atoms with E-state index in [1.807, 2.05) is 0 Å². The largest absolute Gasteiger partial charge is 0.467 e. The topological polar surface area (TPSA) is 72.0 Å². The van der Waals surface area contributed by atoms with Crippen molar-refractivity contribution in [3.05, 3.63) is 0 Å². The van der Waals surface area contributed by atoms with Crippen molar-refractivity contribution in [3.63, 3.8) is 0 Å². The fourth-order valence-electron chi connectivity index (χ4n) is 2.44. The summed E-state index contributed by atoms with van der Waals surface area (Å²) in [4.78, 5) is 12.7. The maximum atomic E-state index is 5.09. The zero-order valence-corrected chi connectivity index (χ0v) is 11.9. The average Bonchev–Trinajstić information content (AvgIpc) is 2.63. The normalized spacial score (nSPS) is 23.5. The Morgan fingerprint density at radius 1 is 1.05 bits per heavy atom. The molecule has 106 valence electrons. The lowest BCUT2D eigenvalue weighted by Gasteiger charge is -2.16. The van der Waals surface area contributed by atoms with Crippen LogP contribution < -0.4 is 15.4 Å². The van der Waals surface area contributed by atoms with Crippen molar-refractivity contribution in [2.24, 2.45) is 5.92 Å². The molecular formula is C13H23N5O. The van der Waals surface area contributed by atoms with Crippen LogP contribution in [-0.2, 0) is 0 Å². The second kappa shape index (κ2) is 6.54. The maximum absolute atomic E-state index is 5.09. The van der Waals surface area contributed by atoms with Gasteiger partial charge >= 0.3 is 6.01 Å². The first-order valence-electron chi connectivity index (χ1n) is 6.95. The number of ether oxygens (including phenoxy) is 1. The number of anilines is 2. The van der Waals surface area contributed by atoms with Crippen LogP contribution in [0.25, 0.3) is 0 Å². The van der Waals surface area contributed by atoms with Gasteiger partial charge in [-0.2, -0.15) is 15.0 Å². The van der Waals surface area contributed by atoms with Crippen LogP contribution in [0, 0.1) is 5.92 Å². The number of hydrogen-bond donors (Lipinski definition) is 2. The SMILES string of the molecule is CNc1nc(NC2CCCC(C)CC2)nc(OC)n1. The maximum Gasteiger partial charge on any atom is 0.322 e. The summed E-state index contributed by atoms with van der Waals surface area (Å²) in [6.45, 7) is 2.33. The van der Waals surface area contributed by atoms with Crippen LogP contribution in [0.5, 0.6) is 6.01 Å². The molecule has 2 rings (SSSR count).